The Kier molecular flexibility index (Phi) is 5.16. The fourth-order valence-corrected chi connectivity index (χ4v) is 3.18. The molecule has 110 valence electrons. The van der Waals surface area contributed by atoms with Gasteiger partial charge in [-0.3, -0.25) is 10.1 Å². The van der Waals surface area contributed by atoms with E-state index < -0.39 is 4.92 Å². The minimum atomic E-state index is -0.446. The third-order valence-electron chi connectivity index (χ3n) is 3.91. The molecule has 0 saturated heterocycles. The predicted octanol–water partition coefficient (Wildman–Crippen LogP) is 4.51. The molecule has 0 aliphatic heterocycles. The van der Waals surface area contributed by atoms with Crippen molar-refractivity contribution in [2.75, 3.05) is 12.4 Å². The monoisotopic (exact) mass is 315 g/mol. The van der Waals surface area contributed by atoms with Crippen molar-refractivity contribution in [1.82, 2.24) is 0 Å². The molecule has 0 heterocycles. The van der Waals surface area contributed by atoms with Crippen molar-refractivity contribution in [3.8, 4) is 5.75 Å². The van der Waals surface area contributed by atoms with Crippen molar-refractivity contribution < 1.29 is 9.66 Å². The molecule has 0 aromatic heterocycles. The highest BCUT2D eigenvalue weighted by molar-refractivity contribution is 7.80. The first kappa shape index (κ1) is 15.4. The molecule has 20 heavy (non-hydrogen) atoms. The van der Waals surface area contributed by atoms with E-state index in [1.54, 1.807) is 0 Å². The first-order valence-corrected chi connectivity index (χ1v) is 7.75. The summed E-state index contributed by atoms with van der Waals surface area (Å²) >= 11 is 10.5. The largest absolute Gasteiger partial charge is 0.491 e. The van der Waals surface area contributed by atoms with Crippen molar-refractivity contribution in [3.63, 3.8) is 0 Å². The van der Waals surface area contributed by atoms with Crippen LogP contribution in [0.4, 0.5) is 5.69 Å². The Hall–Kier alpha value is -0.940. The van der Waals surface area contributed by atoms with E-state index in [2.05, 4.69) is 12.6 Å². The molecule has 0 N–H and O–H groups in total. The highest BCUT2D eigenvalue weighted by Gasteiger charge is 2.31. The molecule has 0 atom stereocenters. The number of rotatable bonds is 5. The fourth-order valence-electron chi connectivity index (χ4n) is 2.60. The molecule has 0 radical (unpaired) electrons. The summed E-state index contributed by atoms with van der Waals surface area (Å²) in [5, 5.41) is 11.2. The fraction of sp³-hybridized carbons (Fsp3) is 0.571. The molecule has 0 amide bonds. The van der Waals surface area contributed by atoms with Gasteiger partial charge in [0, 0.05) is 11.5 Å². The molecule has 2 rings (SSSR count). The van der Waals surface area contributed by atoms with Gasteiger partial charge in [-0.2, -0.15) is 12.6 Å². The lowest BCUT2D eigenvalue weighted by Crippen LogP contribution is -2.33. The number of hydrogen-bond acceptors (Lipinski definition) is 4. The zero-order valence-corrected chi connectivity index (χ0v) is 12.8. The minimum Gasteiger partial charge on any atom is -0.491 e. The first-order valence-electron chi connectivity index (χ1n) is 6.74. The molecule has 4 nitrogen and oxygen atoms in total. The molecule has 0 bridgehead atoms. The topological polar surface area (TPSA) is 52.4 Å². The molecule has 1 aliphatic rings. The maximum absolute atomic E-state index is 10.8. The number of ether oxygens (including phenoxy) is 1. The molecular weight excluding hydrogens is 298 g/mol. The Morgan fingerprint density at radius 1 is 1.35 bits per heavy atom. The molecule has 1 saturated carbocycles. The van der Waals surface area contributed by atoms with Crippen molar-refractivity contribution in [2.45, 2.75) is 32.1 Å². The summed E-state index contributed by atoms with van der Waals surface area (Å²) in [6, 6.07) is 4.27. The van der Waals surface area contributed by atoms with E-state index in [-0.39, 0.29) is 11.1 Å². The smallest absolute Gasteiger partial charge is 0.273 e. The molecule has 1 aliphatic carbocycles. The standard InChI is InChI=1S/C14H18ClNO3S/c15-12-5-4-11(16(17)18)8-13(12)19-9-14(10-20)6-2-1-3-7-14/h4-5,8,20H,1-3,6-7,9-10H2. The van der Waals surface area contributed by atoms with E-state index in [0.29, 0.717) is 17.4 Å². The molecular formula is C14H18ClNO3S. The first-order chi connectivity index (χ1) is 9.56. The van der Waals surface area contributed by atoms with Crippen LogP contribution in [-0.2, 0) is 0 Å². The van der Waals surface area contributed by atoms with Crippen LogP contribution < -0.4 is 4.74 Å². The molecule has 0 spiro atoms. The molecule has 6 heteroatoms. The van der Waals surface area contributed by atoms with Gasteiger partial charge >= 0.3 is 0 Å². The summed E-state index contributed by atoms with van der Waals surface area (Å²) in [4.78, 5) is 10.3. The van der Waals surface area contributed by atoms with Crippen LogP contribution in [0.2, 0.25) is 5.02 Å². The molecule has 0 unspecified atom stereocenters. The molecule has 1 aromatic carbocycles. The third kappa shape index (κ3) is 3.58. The second-order valence-corrected chi connectivity index (χ2v) is 6.10. The zero-order chi connectivity index (χ0) is 14.6. The SMILES string of the molecule is O=[N+]([O-])c1ccc(Cl)c(OCC2(CS)CCCCC2)c1. The zero-order valence-electron chi connectivity index (χ0n) is 11.2. The van der Waals surface area contributed by atoms with E-state index in [1.807, 2.05) is 0 Å². The predicted molar refractivity (Wildman–Crippen MR) is 83.0 cm³/mol. The summed E-state index contributed by atoms with van der Waals surface area (Å²) in [6.45, 7) is 0.511. The van der Waals surface area contributed by atoms with Gasteiger partial charge in [-0.1, -0.05) is 30.9 Å². The Morgan fingerprint density at radius 3 is 2.65 bits per heavy atom. The number of nitro groups is 1. The van der Waals surface area contributed by atoms with Crippen LogP contribution in [0.5, 0.6) is 5.75 Å². The number of thiol groups is 1. The molecule has 1 fully saturated rings. The van der Waals surface area contributed by atoms with Gasteiger partial charge in [-0.05, 0) is 24.7 Å². The summed E-state index contributed by atoms with van der Waals surface area (Å²) in [7, 11) is 0. The maximum atomic E-state index is 10.8. The van der Waals surface area contributed by atoms with E-state index in [4.69, 9.17) is 16.3 Å². The van der Waals surface area contributed by atoms with Gasteiger partial charge in [0.2, 0.25) is 0 Å². The average Bonchev–Trinajstić information content (AvgIpc) is 2.47. The van der Waals surface area contributed by atoms with Crippen LogP contribution in [0.15, 0.2) is 18.2 Å². The Balaban J connectivity index is 2.09. The number of benzene rings is 1. The van der Waals surface area contributed by atoms with Gasteiger partial charge in [0.1, 0.15) is 5.75 Å². The lowest BCUT2D eigenvalue weighted by molar-refractivity contribution is -0.384. The lowest BCUT2D eigenvalue weighted by atomic mass is 9.76. The third-order valence-corrected chi connectivity index (χ3v) is 4.89. The van der Waals surface area contributed by atoms with Gasteiger partial charge in [-0.25, -0.2) is 0 Å². The van der Waals surface area contributed by atoms with E-state index in [1.165, 1.54) is 37.5 Å². The Morgan fingerprint density at radius 2 is 2.05 bits per heavy atom. The average molecular weight is 316 g/mol. The van der Waals surface area contributed by atoms with E-state index in [0.717, 1.165) is 18.6 Å². The van der Waals surface area contributed by atoms with Crippen LogP contribution in [0.3, 0.4) is 0 Å². The van der Waals surface area contributed by atoms with Crippen molar-refractivity contribution in [3.05, 3.63) is 33.3 Å². The van der Waals surface area contributed by atoms with Crippen molar-refractivity contribution >= 4 is 29.9 Å². The number of nitrogens with zero attached hydrogens (tertiary/aromatic N) is 1. The number of non-ortho nitro benzene ring substituents is 1. The summed E-state index contributed by atoms with van der Waals surface area (Å²) < 4.78 is 5.78. The Bertz CT molecular complexity index is 489. The van der Waals surface area contributed by atoms with Crippen molar-refractivity contribution in [1.29, 1.82) is 0 Å². The van der Waals surface area contributed by atoms with Crippen molar-refractivity contribution in [2.24, 2.45) is 5.41 Å². The van der Waals surface area contributed by atoms with Gasteiger partial charge < -0.3 is 4.74 Å². The quantitative estimate of drug-likeness (QED) is 0.494. The number of hydrogen-bond donors (Lipinski definition) is 1. The lowest BCUT2D eigenvalue weighted by Gasteiger charge is -2.35. The Labute approximate surface area is 129 Å². The van der Waals surface area contributed by atoms with E-state index in [9.17, 15) is 10.1 Å². The van der Waals surface area contributed by atoms with Crippen LogP contribution >= 0.6 is 24.2 Å². The van der Waals surface area contributed by atoms with Crippen LogP contribution in [0.25, 0.3) is 0 Å². The van der Waals surface area contributed by atoms with Crippen LogP contribution in [0.1, 0.15) is 32.1 Å². The second-order valence-electron chi connectivity index (χ2n) is 5.38. The second kappa shape index (κ2) is 6.68. The summed E-state index contributed by atoms with van der Waals surface area (Å²) in [5.74, 6) is 1.15. The number of halogens is 1. The minimum absolute atomic E-state index is 0.00651. The van der Waals surface area contributed by atoms with Gasteiger partial charge in [0.15, 0.2) is 0 Å². The van der Waals surface area contributed by atoms with Crippen LogP contribution in [0, 0.1) is 15.5 Å². The normalized spacial score (nSPS) is 17.7. The summed E-state index contributed by atoms with van der Waals surface area (Å²) in [5.41, 5.74) is 0.0583. The highest BCUT2D eigenvalue weighted by Crippen LogP contribution is 2.39. The van der Waals surface area contributed by atoms with Crippen LogP contribution in [-0.4, -0.2) is 17.3 Å². The number of nitro benzene ring substituents is 1. The van der Waals surface area contributed by atoms with Gasteiger partial charge in [-0.15, -0.1) is 0 Å². The molecule has 1 aromatic rings. The maximum Gasteiger partial charge on any atom is 0.273 e. The summed E-state index contributed by atoms with van der Waals surface area (Å²) in [6.07, 6.45) is 5.80. The van der Waals surface area contributed by atoms with Gasteiger partial charge in [0.05, 0.1) is 22.6 Å². The van der Waals surface area contributed by atoms with E-state index >= 15 is 0 Å². The van der Waals surface area contributed by atoms with Gasteiger partial charge in [0.25, 0.3) is 5.69 Å². The highest BCUT2D eigenvalue weighted by atomic mass is 35.5.